The summed E-state index contributed by atoms with van der Waals surface area (Å²) in [4.78, 5) is 8.10. The molecule has 1 aromatic rings. The molecule has 0 saturated heterocycles. The van der Waals surface area contributed by atoms with E-state index in [0.29, 0.717) is 5.92 Å². The van der Waals surface area contributed by atoms with Crippen molar-refractivity contribution in [3.63, 3.8) is 0 Å². The van der Waals surface area contributed by atoms with Crippen LogP contribution >= 0.6 is 12.4 Å². The van der Waals surface area contributed by atoms with Crippen LogP contribution in [0, 0.1) is 5.92 Å². The number of guanidine groups is 2. The predicted octanol–water partition coefficient (Wildman–Crippen LogP) is 1.26. The van der Waals surface area contributed by atoms with Crippen molar-refractivity contribution < 1.29 is 0 Å². The Balaban J connectivity index is 0.00000324. The third-order valence-electron chi connectivity index (χ3n) is 2.60. The maximum atomic E-state index is 5.67. The molecule has 0 aliphatic heterocycles. The molecule has 6 heteroatoms. The van der Waals surface area contributed by atoms with Gasteiger partial charge in [-0.25, -0.2) is 4.99 Å². The molecule has 19 heavy (non-hydrogen) atoms. The van der Waals surface area contributed by atoms with Gasteiger partial charge in [-0.3, -0.25) is 0 Å². The molecular formula is C13H22ClN5. The Hall–Kier alpha value is -1.75. The Morgan fingerprint density at radius 2 is 1.68 bits per heavy atom. The largest absolute Gasteiger partial charge is 0.370 e. The van der Waals surface area contributed by atoms with Crippen LogP contribution < -0.4 is 17.2 Å². The average molecular weight is 284 g/mol. The van der Waals surface area contributed by atoms with Gasteiger partial charge in [0.05, 0.1) is 6.04 Å². The maximum absolute atomic E-state index is 5.67. The Kier molecular flexibility index (Phi) is 7.60. The highest BCUT2D eigenvalue weighted by molar-refractivity contribution is 5.92. The highest BCUT2D eigenvalue weighted by Crippen LogP contribution is 2.13. The van der Waals surface area contributed by atoms with Gasteiger partial charge >= 0.3 is 0 Å². The van der Waals surface area contributed by atoms with Gasteiger partial charge in [-0.2, -0.15) is 4.99 Å². The van der Waals surface area contributed by atoms with Crippen molar-refractivity contribution in [1.82, 2.24) is 0 Å². The first-order valence-corrected chi connectivity index (χ1v) is 5.96. The minimum atomic E-state index is -0.0709. The van der Waals surface area contributed by atoms with Gasteiger partial charge in [0.15, 0.2) is 5.96 Å². The summed E-state index contributed by atoms with van der Waals surface area (Å²) in [5.74, 6) is 0.418. The minimum absolute atomic E-state index is 0. The number of nitrogens with zero attached hydrogens (tertiary/aromatic N) is 2. The number of hydrogen-bond acceptors (Lipinski definition) is 1. The molecule has 0 aliphatic carbocycles. The highest BCUT2D eigenvalue weighted by atomic mass is 35.5. The van der Waals surface area contributed by atoms with Crippen molar-refractivity contribution in [3.05, 3.63) is 35.9 Å². The lowest BCUT2D eigenvalue weighted by Gasteiger charge is -2.16. The number of hydrogen-bond donors (Lipinski definition) is 3. The van der Waals surface area contributed by atoms with Crippen molar-refractivity contribution in [2.75, 3.05) is 0 Å². The molecule has 5 nitrogen and oxygen atoms in total. The highest BCUT2D eigenvalue weighted by Gasteiger charge is 2.13. The monoisotopic (exact) mass is 283 g/mol. The zero-order chi connectivity index (χ0) is 13.5. The predicted molar refractivity (Wildman–Crippen MR) is 83.5 cm³/mol. The topological polar surface area (TPSA) is 103 Å². The normalized spacial score (nSPS) is 12.7. The molecule has 0 spiro atoms. The fourth-order valence-electron chi connectivity index (χ4n) is 1.62. The molecule has 1 aromatic carbocycles. The number of aliphatic imine (C=N–C) groups is 2. The number of rotatable bonds is 4. The van der Waals surface area contributed by atoms with E-state index in [1.165, 1.54) is 5.56 Å². The standard InChI is InChI=1S/C13H21N5.ClH/c1-9(2)11(17-13(16)18-12(14)15)8-10-6-4-3-5-7-10;/h3-7,9,11H,8H2,1-2H3,(H6,14,15,16,17,18);1H. The molecule has 0 aliphatic rings. The van der Waals surface area contributed by atoms with Gasteiger partial charge in [-0.15, -0.1) is 12.4 Å². The van der Waals surface area contributed by atoms with Gasteiger partial charge in [0.2, 0.25) is 5.96 Å². The molecule has 1 rings (SSSR count). The Morgan fingerprint density at radius 3 is 2.16 bits per heavy atom. The fraction of sp³-hybridized carbons (Fsp3) is 0.385. The quantitative estimate of drug-likeness (QED) is 0.572. The Morgan fingerprint density at radius 1 is 1.11 bits per heavy atom. The van der Waals surface area contributed by atoms with E-state index in [0.717, 1.165) is 6.42 Å². The van der Waals surface area contributed by atoms with E-state index < -0.39 is 0 Å². The molecular weight excluding hydrogens is 262 g/mol. The van der Waals surface area contributed by atoms with Crippen LogP contribution in [0.1, 0.15) is 19.4 Å². The van der Waals surface area contributed by atoms with Crippen LogP contribution in [-0.4, -0.2) is 18.0 Å². The molecule has 0 heterocycles. The Labute approximate surface area is 120 Å². The number of benzene rings is 1. The SMILES string of the molecule is CC(C)C(Cc1ccccc1)N=C(N)N=C(N)N.Cl. The first-order valence-electron chi connectivity index (χ1n) is 5.96. The second kappa shape index (κ2) is 8.37. The molecule has 0 bridgehead atoms. The van der Waals surface area contributed by atoms with Crippen molar-refractivity contribution in [2.24, 2.45) is 33.1 Å². The summed E-state index contributed by atoms with van der Waals surface area (Å²) in [6.07, 6.45) is 0.819. The summed E-state index contributed by atoms with van der Waals surface area (Å²) < 4.78 is 0. The molecule has 106 valence electrons. The zero-order valence-corrected chi connectivity index (χ0v) is 12.1. The third-order valence-corrected chi connectivity index (χ3v) is 2.60. The zero-order valence-electron chi connectivity index (χ0n) is 11.3. The second-order valence-corrected chi connectivity index (χ2v) is 4.53. The second-order valence-electron chi connectivity index (χ2n) is 4.53. The Bertz CT molecular complexity index is 424. The van der Waals surface area contributed by atoms with Crippen LogP contribution in [0.4, 0.5) is 0 Å². The van der Waals surface area contributed by atoms with E-state index in [4.69, 9.17) is 17.2 Å². The molecule has 0 aromatic heterocycles. The number of nitrogens with two attached hydrogens (primary N) is 3. The van der Waals surface area contributed by atoms with E-state index >= 15 is 0 Å². The van der Waals surface area contributed by atoms with Gasteiger partial charge in [0.1, 0.15) is 0 Å². The summed E-state index contributed by atoms with van der Waals surface area (Å²) >= 11 is 0. The van der Waals surface area contributed by atoms with E-state index in [1.807, 2.05) is 18.2 Å². The summed E-state index contributed by atoms with van der Waals surface area (Å²) in [6, 6.07) is 10.2. The first kappa shape index (κ1) is 17.2. The minimum Gasteiger partial charge on any atom is -0.370 e. The summed E-state index contributed by atoms with van der Waals surface area (Å²) in [7, 11) is 0. The van der Waals surface area contributed by atoms with Crippen molar-refractivity contribution in [3.8, 4) is 0 Å². The molecule has 0 amide bonds. The third kappa shape index (κ3) is 6.67. The van der Waals surface area contributed by atoms with E-state index in [9.17, 15) is 0 Å². The molecule has 0 saturated carbocycles. The van der Waals surface area contributed by atoms with Crippen LogP contribution in [0.5, 0.6) is 0 Å². The fourth-order valence-corrected chi connectivity index (χ4v) is 1.62. The lowest BCUT2D eigenvalue weighted by atomic mass is 9.97. The van der Waals surface area contributed by atoms with Gasteiger partial charge in [0, 0.05) is 0 Å². The van der Waals surface area contributed by atoms with Crippen LogP contribution in [0.25, 0.3) is 0 Å². The lowest BCUT2D eigenvalue weighted by Crippen LogP contribution is -2.28. The van der Waals surface area contributed by atoms with Crippen LogP contribution in [0.15, 0.2) is 40.3 Å². The smallest absolute Gasteiger partial charge is 0.218 e. The van der Waals surface area contributed by atoms with Crippen LogP contribution in [0.3, 0.4) is 0 Å². The molecule has 0 fully saturated rings. The summed E-state index contributed by atoms with van der Waals surface area (Å²) in [5, 5.41) is 0. The van der Waals surface area contributed by atoms with E-state index in [1.54, 1.807) is 0 Å². The summed E-state index contributed by atoms with van der Waals surface area (Å²) in [6.45, 7) is 4.19. The van der Waals surface area contributed by atoms with Gasteiger partial charge in [0.25, 0.3) is 0 Å². The molecule has 1 atom stereocenters. The molecule has 0 radical (unpaired) electrons. The van der Waals surface area contributed by atoms with Crippen molar-refractivity contribution >= 4 is 24.3 Å². The molecule has 6 N–H and O–H groups in total. The van der Waals surface area contributed by atoms with E-state index in [-0.39, 0.29) is 30.4 Å². The average Bonchev–Trinajstić information content (AvgIpc) is 2.28. The molecule has 1 unspecified atom stereocenters. The van der Waals surface area contributed by atoms with Gasteiger partial charge < -0.3 is 17.2 Å². The van der Waals surface area contributed by atoms with E-state index in [2.05, 4.69) is 36.0 Å². The number of halogens is 1. The van der Waals surface area contributed by atoms with Gasteiger partial charge in [-0.1, -0.05) is 44.2 Å². The van der Waals surface area contributed by atoms with Crippen molar-refractivity contribution in [2.45, 2.75) is 26.3 Å². The van der Waals surface area contributed by atoms with Crippen molar-refractivity contribution in [1.29, 1.82) is 0 Å². The van der Waals surface area contributed by atoms with Gasteiger partial charge in [-0.05, 0) is 17.9 Å². The first-order chi connectivity index (χ1) is 8.49. The maximum Gasteiger partial charge on any atom is 0.218 e. The lowest BCUT2D eigenvalue weighted by molar-refractivity contribution is 0.492. The summed E-state index contributed by atoms with van der Waals surface area (Å²) in [5.41, 5.74) is 17.4. The van der Waals surface area contributed by atoms with Crippen LogP contribution in [-0.2, 0) is 6.42 Å². The van der Waals surface area contributed by atoms with Crippen LogP contribution in [0.2, 0.25) is 0 Å².